The maximum Gasteiger partial charge on any atom is 0.217 e. The van der Waals surface area contributed by atoms with Gasteiger partial charge in [-0.25, -0.2) is 0 Å². The van der Waals surface area contributed by atoms with Gasteiger partial charge in [-0.05, 0) is 36.8 Å². The van der Waals surface area contributed by atoms with E-state index in [9.17, 15) is 4.79 Å². The van der Waals surface area contributed by atoms with Crippen LogP contribution < -0.4 is 11.1 Å². The van der Waals surface area contributed by atoms with Crippen LogP contribution in [0.4, 0.5) is 0 Å². The van der Waals surface area contributed by atoms with Crippen molar-refractivity contribution in [1.29, 1.82) is 0 Å². The Kier molecular flexibility index (Phi) is 9.92. The van der Waals surface area contributed by atoms with Gasteiger partial charge in [0, 0.05) is 39.0 Å². The van der Waals surface area contributed by atoms with Crippen molar-refractivity contribution in [2.75, 3.05) is 26.2 Å². The van der Waals surface area contributed by atoms with E-state index in [1.54, 1.807) is 6.26 Å². The molecule has 0 aromatic carbocycles. The van der Waals surface area contributed by atoms with Crippen molar-refractivity contribution >= 4 is 35.8 Å². The van der Waals surface area contributed by atoms with Gasteiger partial charge in [-0.1, -0.05) is 13.8 Å². The molecule has 0 bridgehead atoms. The zero-order chi connectivity index (χ0) is 17.4. The number of rotatable bonds is 7. The summed E-state index contributed by atoms with van der Waals surface area (Å²) in [6, 6.07) is 3.89. The van der Waals surface area contributed by atoms with Gasteiger partial charge in [0.25, 0.3) is 0 Å². The van der Waals surface area contributed by atoms with E-state index in [2.05, 4.69) is 24.1 Å². The highest BCUT2D eigenvalue weighted by Gasteiger charge is 2.23. The predicted molar refractivity (Wildman–Crippen MR) is 111 cm³/mol. The van der Waals surface area contributed by atoms with Crippen molar-refractivity contribution in [2.24, 2.45) is 22.6 Å². The average molecular weight is 462 g/mol. The Bertz CT molecular complexity index is 531. The minimum absolute atomic E-state index is 0. The Labute approximate surface area is 167 Å². The monoisotopic (exact) mass is 462 g/mol. The van der Waals surface area contributed by atoms with Gasteiger partial charge in [0.1, 0.15) is 5.76 Å². The van der Waals surface area contributed by atoms with Crippen molar-refractivity contribution in [3.8, 4) is 0 Å². The Balaban J connectivity index is 0.00000312. The number of halogens is 1. The first-order valence-corrected chi connectivity index (χ1v) is 8.88. The summed E-state index contributed by atoms with van der Waals surface area (Å²) in [5.41, 5.74) is 5.36. The predicted octanol–water partition coefficient (Wildman–Crippen LogP) is 2.63. The molecule has 25 heavy (non-hydrogen) atoms. The van der Waals surface area contributed by atoms with Gasteiger partial charge in [0.2, 0.25) is 5.91 Å². The lowest BCUT2D eigenvalue weighted by Crippen LogP contribution is -2.47. The molecule has 1 amide bonds. The Hall–Kier alpha value is -1.25. The number of carbonyl (C=O) groups excluding carboxylic acids is 1. The standard InChI is InChI=1S/C18H30N4O2.HI/c1-14(2)12-21-18(20-8-7-16-6-4-10-24-16)22-9-3-5-15(13-22)11-17(19)23;/h4,6,10,14-15H,3,5,7-9,11-13H2,1-2H3,(H2,19,23)(H,20,21);1H. The summed E-state index contributed by atoms with van der Waals surface area (Å²) in [5, 5.41) is 3.46. The average Bonchev–Trinajstić information content (AvgIpc) is 3.03. The second kappa shape index (κ2) is 11.4. The second-order valence-electron chi connectivity index (χ2n) is 6.94. The number of likely N-dealkylation sites (tertiary alicyclic amines) is 1. The molecule has 1 aliphatic rings. The van der Waals surface area contributed by atoms with Crippen LogP contribution in [0.1, 0.15) is 38.9 Å². The first kappa shape index (κ1) is 21.8. The number of hydrogen-bond donors (Lipinski definition) is 2. The van der Waals surface area contributed by atoms with Crippen LogP contribution in [0.2, 0.25) is 0 Å². The summed E-state index contributed by atoms with van der Waals surface area (Å²) in [5.74, 6) is 2.53. The van der Waals surface area contributed by atoms with Crippen molar-refractivity contribution in [1.82, 2.24) is 10.2 Å². The van der Waals surface area contributed by atoms with Crippen LogP contribution in [-0.4, -0.2) is 42.9 Å². The highest BCUT2D eigenvalue weighted by molar-refractivity contribution is 14.0. The molecule has 1 atom stereocenters. The van der Waals surface area contributed by atoms with Crippen molar-refractivity contribution in [2.45, 2.75) is 39.5 Å². The fourth-order valence-corrected chi connectivity index (χ4v) is 3.00. The first-order valence-electron chi connectivity index (χ1n) is 8.88. The molecule has 0 aliphatic carbocycles. The number of nitrogens with two attached hydrogens (primary N) is 1. The summed E-state index contributed by atoms with van der Waals surface area (Å²) in [7, 11) is 0. The summed E-state index contributed by atoms with van der Waals surface area (Å²) < 4.78 is 5.37. The number of nitrogens with zero attached hydrogens (tertiary/aromatic N) is 2. The second-order valence-corrected chi connectivity index (χ2v) is 6.94. The molecule has 0 radical (unpaired) electrons. The number of primary amides is 1. The molecule has 0 spiro atoms. The molecule has 1 aromatic rings. The van der Waals surface area contributed by atoms with Crippen LogP contribution >= 0.6 is 24.0 Å². The molecule has 3 N–H and O–H groups in total. The molecule has 2 rings (SSSR count). The number of aliphatic imine (C=N–C) groups is 1. The van der Waals surface area contributed by atoms with Crippen LogP contribution in [-0.2, 0) is 11.2 Å². The molecule has 7 heteroatoms. The number of nitrogens with one attached hydrogen (secondary N) is 1. The highest BCUT2D eigenvalue weighted by atomic mass is 127. The van der Waals surface area contributed by atoms with E-state index >= 15 is 0 Å². The van der Waals surface area contributed by atoms with E-state index in [-0.39, 0.29) is 29.9 Å². The molecular formula is C18H31IN4O2. The van der Waals surface area contributed by atoms with E-state index in [0.717, 1.165) is 57.2 Å². The van der Waals surface area contributed by atoms with E-state index < -0.39 is 0 Å². The molecule has 1 unspecified atom stereocenters. The quantitative estimate of drug-likeness (QED) is 0.371. The van der Waals surface area contributed by atoms with Gasteiger partial charge in [-0.3, -0.25) is 9.79 Å². The molecule has 1 fully saturated rings. The SMILES string of the molecule is CC(C)CN=C(NCCc1ccco1)N1CCCC(CC(N)=O)C1.I. The van der Waals surface area contributed by atoms with Gasteiger partial charge >= 0.3 is 0 Å². The van der Waals surface area contributed by atoms with Gasteiger partial charge in [0.15, 0.2) is 5.96 Å². The Morgan fingerprint density at radius 2 is 2.32 bits per heavy atom. The lowest BCUT2D eigenvalue weighted by atomic mass is 9.95. The normalized spacial score (nSPS) is 18.1. The highest BCUT2D eigenvalue weighted by Crippen LogP contribution is 2.19. The molecule has 142 valence electrons. The summed E-state index contributed by atoms with van der Waals surface area (Å²) >= 11 is 0. The van der Waals surface area contributed by atoms with Crippen LogP contribution in [0.15, 0.2) is 27.8 Å². The summed E-state index contributed by atoms with van der Waals surface area (Å²) in [6.45, 7) is 7.71. The van der Waals surface area contributed by atoms with Gasteiger partial charge in [0.05, 0.1) is 6.26 Å². The molecular weight excluding hydrogens is 431 g/mol. The van der Waals surface area contributed by atoms with Crippen molar-refractivity contribution < 1.29 is 9.21 Å². The molecule has 1 aliphatic heterocycles. The molecule has 1 aromatic heterocycles. The Morgan fingerprint density at radius 3 is 2.96 bits per heavy atom. The molecule has 2 heterocycles. The third kappa shape index (κ3) is 8.11. The van der Waals surface area contributed by atoms with Gasteiger partial charge in [-0.15, -0.1) is 24.0 Å². The number of furan rings is 1. The largest absolute Gasteiger partial charge is 0.469 e. The number of carbonyl (C=O) groups is 1. The van der Waals surface area contributed by atoms with Crippen molar-refractivity contribution in [3.63, 3.8) is 0 Å². The van der Waals surface area contributed by atoms with Crippen LogP contribution in [0, 0.1) is 11.8 Å². The topological polar surface area (TPSA) is 83.9 Å². The number of hydrogen-bond acceptors (Lipinski definition) is 3. The number of piperidine rings is 1. The van der Waals surface area contributed by atoms with E-state index in [0.29, 0.717) is 18.3 Å². The fraction of sp³-hybridized carbons (Fsp3) is 0.667. The van der Waals surface area contributed by atoms with Crippen LogP contribution in [0.25, 0.3) is 0 Å². The molecule has 0 saturated carbocycles. The van der Waals surface area contributed by atoms with Crippen LogP contribution in [0.3, 0.4) is 0 Å². The summed E-state index contributed by atoms with van der Waals surface area (Å²) in [4.78, 5) is 18.2. The smallest absolute Gasteiger partial charge is 0.217 e. The van der Waals surface area contributed by atoms with E-state index in [1.807, 2.05) is 12.1 Å². The van der Waals surface area contributed by atoms with E-state index in [1.165, 1.54) is 0 Å². The number of guanidine groups is 1. The minimum atomic E-state index is -0.215. The van der Waals surface area contributed by atoms with E-state index in [4.69, 9.17) is 15.1 Å². The maximum absolute atomic E-state index is 11.2. The third-order valence-corrected chi connectivity index (χ3v) is 4.15. The molecule has 1 saturated heterocycles. The first-order chi connectivity index (χ1) is 11.5. The zero-order valence-electron chi connectivity index (χ0n) is 15.2. The maximum atomic E-state index is 11.2. The van der Waals surface area contributed by atoms with Gasteiger partial charge < -0.3 is 20.4 Å². The van der Waals surface area contributed by atoms with Crippen molar-refractivity contribution in [3.05, 3.63) is 24.2 Å². The lowest BCUT2D eigenvalue weighted by Gasteiger charge is -2.35. The molecule has 6 nitrogen and oxygen atoms in total. The third-order valence-electron chi connectivity index (χ3n) is 4.15. The Morgan fingerprint density at radius 1 is 1.52 bits per heavy atom. The zero-order valence-corrected chi connectivity index (χ0v) is 17.6. The van der Waals surface area contributed by atoms with Crippen LogP contribution in [0.5, 0.6) is 0 Å². The van der Waals surface area contributed by atoms with Gasteiger partial charge in [-0.2, -0.15) is 0 Å². The summed E-state index contributed by atoms with van der Waals surface area (Å²) in [6.07, 6.45) is 5.11. The minimum Gasteiger partial charge on any atom is -0.469 e. The lowest BCUT2D eigenvalue weighted by molar-refractivity contribution is -0.119. The number of amides is 1. The fourth-order valence-electron chi connectivity index (χ4n) is 3.00.